The topological polar surface area (TPSA) is 41.1 Å². The second-order valence-corrected chi connectivity index (χ2v) is 3.99. The predicted octanol–water partition coefficient (Wildman–Crippen LogP) is 2.36. The van der Waals surface area contributed by atoms with E-state index in [-0.39, 0.29) is 5.78 Å². The molecule has 3 heteroatoms. The van der Waals surface area contributed by atoms with Crippen molar-refractivity contribution in [2.45, 2.75) is 39.5 Å². The van der Waals surface area contributed by atoms with Gasteiger partial charge in [-0.2, -0.15) is 0 Å². The molecule has 0 unspecified atom stereocenters. The molecule has 0 saturated heterocycles. The van der Waals surface area contributed by atoms with Gasteiger partial charge in [0, 0.05) is 19.5 Å². The Morgan fingerprint density at radius 1 is 1.12 bits per heavy atom. The molecule has 0 aromatic heterocycles. The quantitative estimate of drug-likeness (QED) is 0.442. The van der Waals surface area contributed by atoms with Crippen LogP contribution < -0.4 is 10.6 Å². The summed E-state index contributed by atoms with van der Waals surface area (Å²) in [6, 6.07) is 0. The van der Waals surface area contributed by atoms with Gasteiger partial charge in [0.2, 0.25) is 0 Å². The zero-order valence-electron chi connectivity index (χ0n) is 10.6. The van der Waals surface area contributed by atoms with Crippen LogP contribution >= 0.6 is 0 Å². The molecule has 2 N–H and O–H groups in total. The highest BCUT2D eigenvalue weighted by Gasteiger charge is 2.01. The van der Waals surface area contributed by atoms with E-state index in [9.17, 15) is 4.79 Å². The van der Waals surface area contributed by atoms with E-state index in [1.165, 1.54) is 0 Å². The Morgan fingerprint density at radius 2 is 1.75 bits per heavy atom. The van der Waals surface area contributed by atoms with Crippen LogP contribution in [0, 0.1) is 0 Å². The first-order valence-electron chi connectivity index (χ1n) is 5.93. The molecular weight excluding hydrogens is 200 g/mol. The second kappa shape index (κ2) is 9.01. The van der Waals surface area contributed by atoms with Crippen LogP contribution in [-0.2, 0) is 4.79 Å². The highest BCUT2D eigenvalue weighted by atomic mass is 16.1. The van der Waals surface area contributed by atoms with Crippen LogP contribution in [0.2, 0.25) is 0 Å². The molecular formula is C13H24N2O. The average molecular weight is 224 g/mol. The van der Waals surface area contributed by atoms with Crippen molar-refractivity contribution in [1.82, 2.24) is 10.6 Å². The third-order valence-electron chi connectivity index (χ3n) is 2.23. The number of hydrogen-bond acceptors (Lipinski definition) is 3. The van der Waals surface area contributed by atoms with Crippen molar-refractivity contribution < 1.29 is 4.79 Å². The molecule has 0 rings (SSSR count). The average Bonchev–Trinajstić information content (AvgIpc) is 2.25. The fraction of sp³-hybridized carbons (Fsp3) is 0.615. The molecule has 92 valence electrons. The Morgan fingerprint density at radius 3 is 2.31 bits per heavy atom. The number of Topliss-reactive ketones (excluding diaryl/α,β-unsaturated/α-hetero) is 1. The largest absolute Gasteiger partial charge is 0.372 e. The smallest absolute Gasteiger partial charge is 0.157 e. The number of hydrogen-bond donors (Lipinski definition) is 2. The summed E-state index contributed by atoms with van der Waals surface area (Å²) in [5, 5.41) is 6.34. The van der Waals surface area contributed by atoms with Gasteiger partial charge in [0.1, 0.15) is 0 Å². The first kappa shape index (κ1) is 14.8. The fourth-order valence-electron chi connectivity index (χ4n) is 1.20. The molecule has 0 aliphatic heterocycles. The number of rotatable bonds is 10. The zero-order valence-corrected chi connectivity index (χ0v) is 10.6. The van der Waals surface area contributed by atoms with Crippen molar-refractivity contribution in [3.8, 4) is 0 Å². The van der Waals surface area contributed by atoms with Crippen molar-refractivity contribution in [2.24, 2.45) is 0 Å². The number of carbonyl (C=O) groups is 1. The molecule has 0 spiro atoms. The molecule has 0 saturated carbocycles. The molecule has 0 aliphatic rings. The van der Waals surface area contributed by atoms with Crippen LogP contribution in [0.15, 0.2) is 24.6 Å². The zero-order chi connectivity index (χ0) is 12.4. The monoisotopic (exact) mass is 224 g/mol. The van der Waals surface area contributed by atoms with Gasteiger partial charge in [-0.05, 0) is 31.8 Å². The van der Waals surface area contributed by atoms with Crippen molar-refractivity contribution >= 4 is 5.78 Å². The normalized spacial score (nSPS) is 9.62. The van der Waals surface area contributed by atoms with Crippen LogP contribution in [0.4, 0.5) is 0 Å². The van der Waals surface area contributed by atoms with E-state index in [1.807, 2.05) is 0 Å². The molecule has 0 fully saturated rings. The van der Waals surface area contributed by atoms with E-state index in [1.54, 1.807) is 6.92 Å². The van der Waals surface area contributed by atoms with Gasteiger partial charge in [-0.1, -0.05) is 20.1 Å². The van der Waals surface area contributed by atoms with Gasteiger partial charge in [-0.25, -0.2) is 0 Å². The first-order valence-corrected chi connectivity index (χ1v) is 5.93. The van der Waals surface area contributed by atoms with Gasteiger partial charge in [0.25, 0.3) is 0 Å². The number of unbranched alkanes of at least 4 members (excludes halogenated alkanes) is 1. The van der Waals surface area contributed by atoms with Gasteiger partial charge in [-0.3, -0.25) is 4.79 Å². The van der Waals surface area contributed by atoms with Crippen LogP contribution in [0.25, 0.3) is 0 Å². The lowest BCUT2D eigenvalue weighted by Crippen LogP contribution is -2.26. The maximum Gasteiger partial charge on any atom is 0.157 e. The molecule has 0 atom stereocenters. The van der Waals surface area contributed by atoms with Gasteiger partial charge >= 0.3 is 0 Å². The third kappa shape index (κ3) is 8.09. The van der Waals surface area contributed by atoms with Crippen molar-refractivity contribution in [3.63, 3.8) is 0 Å². The van der Waals surface area contributed by atoms with Crippen molar-refractivity contribution in [3.05, 3.63) is 24.6 Å². The van der Waals surface area contributed by atoms with Gasteiger partial charge < -0.3 is 10.6 Å². The minimum atomic E-state index is 0.169. The Hall–Kier alpha value is -1.25. The minimum absolute atomic E-state index is 0.169. The maximum atomic E-state index is 11.2. The minimum Gasteiger partial charge on any atom is -0.372 e. The van der Waals surface area contributed by atoms with E-state index in [2.05, 4.69) is 30.7 Å². The van der Waals surface area contributed by atoms with Crippen molar-refractivity contribution in [2.75, 3.05) is 13.1 Å². The van der Waals surface area contributed by atoms with Crippen LogP contribution in [0.3, 0.4) is 0 Å². The van der Waals surface area contributed by atoms with E-state index in [4.69, 9.17) is 0 Å². The maximum absolute atomic E-state index is 11.2. The second-order valence-electron chi connectivity index (χ2n) is 3.99. The predicted molar refractivity (Wildman–Crippen MR) is 69.1 cm³/mol. The van der Waals surface area contributed by atoms with E-state index >= 15 is 0 Å². The SMILES string of the molecule is C=C(NCCC)NCCCCC(=O)C(=C)C. The number of allylic oxidation sites excluding steroid dienone is 1. The highest BCUT2D eigenvalue weighted by Crippen LogP contribution is 2.01. The summed E-state index contributed by atoms with van der Waals surface area (Å²) in [5.41, 5.74) is 0.655. The Labute approximate surface area is 99.0 Å². The molecule has 0 aromatic rings. The number of nitrogens with one attached hydrogen (secondary N) is 2. The summed E-state index contributed by atoms with van der Waals surface area (Å²) in [4.78, 5) is 11.2. The number of carbonyl (C=O) groups excluding carboxylic acids is 1. The van der Waals surface area contributed by atoms with Crippen molar-refractivity contribution in [1.29, 1.82) is 0 Å². The van der Waals surface area contributed by atoms with E-state index in [0.29, 0.717) is 12.0 Å². The number of ketones is 1. The lowest BCUT2D eigenvalue weighted by Gasteiger charge is -2.10. The van der Waals surface area contributed by atoms with Gasteiger partial charge in [-0.15, -0.1) is 0 Å². The Kier molecular flexibility index (Phi) is 8.31. The van der Waals surface area contributed by atoms with E-state index < -0.39 is 0 Å². The summed E-state index contributed by atoms with van der Waals surface area (Å²) >= 11 is 0. The summed E-state index contributed by atoms with van der Waals surface area (Å²) in [6.07, 6.45) is 3.57. The molecule has 0 heterocycles. The molecule has 0 radical (unpaired) electrons. The van der Waals surface area contributed by atoms with Crippen LogP contribution in [-0.4, -0.2) is 18.9 Å². The Balaban J connectivity index is 3.36. The molecule has 3 nitrogen and oxygen atoms in total. The summed E-state index contributed by atoms with van der Waals surface area (Å²) in [5.74, 6) is 1.04. The molecule has 0 aromatic carbocycles. The highest BCUT2D eigenvalue weighted by molar-refractivity contribution is 5.93. The lowest BCUT2D eigenvalue weighted by molar-refractivity contribution is -0.115. The third-order valence-corrected chi connectivity index (χ3v) is 2.23. The first-order chi connectivity index (χ1) is 7.57. The van der Waals surface area contributed by atoms with Crippen LogP contribution in [0.5, 0.6) is 0 Å². The molecule has 0 amide bonds. The van der Waals surface area contributed by atoms with Gasteiger partial charge in [0.15, 0.2) is 5.78 Å². The van der Waals surface area contributed by atoms with Crippen LogP contribution in [0.1, 0.15) is 39.5 Å². The van der Waals surface area contributed by atoms with E-state index in [0.717, 1.165) is 38.2 Å². The van der Waals surface area contributed by atoms with Gasteiger partial charge in [0.05, 0.1) is 5.82 Å². The molecule has 16 heavy (non-hydrogen) atoms. The summed E-state index contributed by atoms with van der Waals surface area (Å²) in [7, 11) is 0. The fourth-order valence-corrected chi connectivity index (χ4v) is 1.20. The molecule has 0 aliphatic carbocycles. The Bertz CT molecular complexity index is 246. The molecule has 0 bridgehead atoms. The summed E-state index contributed by atoms with van der Waals surface area (Å²) < 4.78 is 0. The lowest BCUT2D eigenvalue weighted by atomic mass is 10.1. The summed E-state index contributed by atoms with van der Waals surface area (Å²) in [6.45, 7) is 13.2. The standard InChI is InChI=1S/C13H24N2O/c1-5-9-14-12(4)15-10-7-6-8-13(16)11(2)3/h14-15H,2,4-10H2,1,3H3.